The molecule has 5 N–H and O–H groups in total. The van der Waals surface area contributed by atoms with Crippen LogP contribution in [0.2, 0.25) is 0 Å². The third-order valence-corrected chi connectivity index (χ3v) is 8.83. The summed E-state index contributed by atoms with van der Waals surface area (Å²) in [4.78, 5) is 15.5. The van der Waals surface area contributed by atoms with E-state index in [1.165, 1.54) is 12.8 Å². The van der Waals surface area contributed by atoms with Crippen LogP contribution in [0.25, 0.3) is 0 Å². The van der Waals surface area contributed by atoms with Gasteiger partial charge in [0, 0.05) is 29.4 Å². The molecule has 4 aliphatic rings. The van der Waals surface area contributed by atoms with E-state index in [1.807, 2.05) is 43.3 Å². The number of piperidine rings is 1. The number of nitrogens with two attached hydrogens (primary N) is 1. The van der Waals surface area contributed by atoms with Gasteiger partial charge in [-0.25, -0.2) is 0 Å². The molecule has 6 rings (SSSR count). The summed E-state index contributed by atoms with van der Waals surface area (Å²) in [5.74, 6) is 0.828. The highest BCUT2D eigenvalue weighted by molar-refractivity contribution is 6.03. The number of carbonyl (C=O) groups excluding carboxylic acids is 1. The standard InChI is InChI=1S/C28H33N3O4/c1-16(26(33)30-19-6-4-3-5-7-19)23(29)25-28-12-13-31(15-17-8-9-17)21(27(28,2)34)14-18-10-11-20(32)24(35-25)22(18)28/h3-7,10-11,17,21,25,32,34H,8-9,12-15,29H2,1-2H3,(H,30,33)/b23-16-/t21-,25+,27-,28+/m1/s1. The van der Waals surface area contributed by atoms with Gasteiger partial charge in [-0.1, -0.05) is 24.3 Å². The van der Waals surface area contributed by atoms with E-state index in [2.05, 4.69) is 10.2 Å². The minimum absolute atomic E-state index is 0.0412. The quantitative estimate of drug-likeness (QED) is 0.495. The van der Waals surface area contributed by atoms with E-state index in [4.69, 9.17) is 10.5 Å². The zero-order valence-electron chi connectivity index (χ0n) is 20.3. The van der Waals surface area contributed by atoms with E-state index in [0.29, 0.717) is 35.8 Å². The first-order chi connectivity index (χ1) is 16.7. The van der Waals surface area contributed by atoms with Crippen LogP contribution in [0.5, 0.6) is 11.5 Å². The molecule has 1 saturated heterocycles. The van der Waals surface area contributed by atoms with Crippen molar-refractivity contribution in [3.63, 3.8) is 0 Å². The van der Waals surface area contributed by atoms with Crippen molar-refractivity contribution in [1.82, 2.24) is 4.90 Å². The Labute approximate surface area is 205 Å². The lowest BCUT2D eigenvalue weighted by atomic mass is 9.53. The van der Waals surface area contributed by atoms with Crippen molar-refractivity contribution in [2.24, 2.45) is 11.7 Å². The number of amides is 1. The summed E-state index contributed by atoms with van der Waals surface area (Å²) in [6.45, 7) is 5.39. The Morgan fingerprint density at radius 1 is 1.23 bits per heavy atom. The molecular formula is C28H33N3O4. The summed E-state index contributed by atoms with van der Waals surface area (Å²) in [6, 6.07) is 12.8. The lowest BCUT2D eigenvalue weighted by Gasteiger charge is -2.60. The fourth-order valence-electron chi connectivity index (χ4n) is 6.69. The summed E-state index contributed by atoms with van der Waals surface area (Å²) < 4.78 is 6.39. The lowest BCUT2D eigenvalue weighted by Crippen LogP contribution is -2.73. The number of hydrogen-bond acceptors (Lipinski definition) is 6. The number of anilines is 1. The molecule has 2 heterocycles. The van der Waals surface area contributed by atoms with Gasteiger partial charge in [0.2, 0.25) is 0 Å². The number of fused-ring (bicyclic) bond motifs is 1. The Morgan fingerprint density at radius 2 is 1.97 bits per heavy atom. The number of aromatic hydroxyl groups is 1. The van der Waals surface area contributed by atoms with Crippen molar-refractivity contribution in [2.75, 3.05) is 18.4 Å². The maximum atomic E-state index is 13.1. The number of phenolic OH excluding ortho intramolecular Hbond substituents is 1. The number of nitrogens with zero attached hydrogens (tertiary/aromatic N) is 1. The summed E-state index contributed by atoms with van der Waals surface area (Å²) in [7, 11) is 0. The summed E-state index contributed by atoms with van der Waals surface area (Å²) in [6.07, 6.45) is 3.07. The third-order valence-electron chi connectivity index (χ3n) is 8.83. The molecule has 7 heteroatoms. The minimum atomic E-state index is -1.16. The Kier molecular flexibility index (Phi) is 4.96. The maximum absolute atomic E-state index is 13.1. The molecule has 4 atom stereocenters. The van der Waals surface area contributed by atoms with Gasteiger partial charge in [0.25, 0.3) is 5.91 Å². The number of rotatable bonds is 5. The number of benzene rings is 2. The molecule has 1 amide bonds. The van der Waals surface area contributed by atoms with Crippen LogP contribution in [0.3, 0.4) is 0 Å². The second-order valence-corrected chi connectivity index (χ2v) is 10.9. The van der Waals surface area contributed by atoms with Gasteiger partial charge in [0.1, 0.15) is 0 Å². The summed E-state index contributed by atoms with van der Waals surface area (Å²) >= 11 is 0. The molecule has 2 fully saturated rings. The Bertz CT molecular complexity index is 1220. The Balaban J connectivity index is 1.43. The van der Waals surface area contributed by atoms with Gasteiger partial charge in [-0.2, -0.15) is 0 Å². The number of phenols is 1. The van der Waals surface area contributed by atoms with Gasteiger partial charge in [0.15, 0.2) is 17.6 Å². The highest BCUT2D eigenvalue weighted by Crippen LogP contribution is 2.62. The van der Waals surface area contributed by atoms with E-state index in [1.54, 1.807) is 13.0 Å². The molecule has 0 aromatic heterocycles. The van der Waals surface area contributed by atoms with E-state index in [0.717, 1.165) is 24.2 Å². The van der Waals surface area contributed by atoms with Gasteiger partial charge in [-0.05, 0) is 75.8 Å². The monoisotopic (exact) mass is 475 g/mol. The van der Waals surface area contributed by atoms with E-state index >= 15 is 0 Å². The molecule has 2 aliphatic heterocycles. The average molecular weight is 476 g/mol. The zero-order chi connectivity index (χ0) is 24.5. The fraction of sp³-hybridized carbons (Fsp3) is 0.464. The third kappa shape index (κ3) is 3.21. The van der Waals surface area contributed by atoms with E-state index in [9.17, 15) is 15.0 Å². The fourth-order valence-corrected chi connectivity index (χ4v) is 6.69. The average Bonchev–Trinajstić information content (AvgIpc) is 3.58. The number of para-hydroxylation sites is 1. The normalized spacial score (nSPS) is 31.9. The van der Waals surface area contributed by atoms with Crippen LogP contribution in [0, 0.1) is 5.92 Å². The second kappa shape index (κ2) is 7.73. The van der Waals surface area contributed by atoms with Crippen molar-refractivity contribution in [3.05, 3.63) is 64.9 Å². The molecule has 184 valence electrons. The van der Waals surface area contributed by atoms with Crippen molar-refractivity contribution in [2.45, 2.75) is 62.7 Å². The van der Waals surface area contributed by atoms with Gasteiger partial charge in [-0.15, -0.1) is 0 Å². The SMILES string of the molecule is C/C(C(=O)Nc1ccccc1)=C(/N)[C@@H]1Oc2c(O)ccc3c2[C@@]12CCN(CC1CC1)[C@H](C3)[C@@]2(C)O. The highest BCUT2D eigenvalue weighted by atomic mass is 16.5. The van der Waals surface area contributed by atoms with Crippen LogP contribution in [0.4, 0.5) is 5.69 Å². The van der Waals surface area contributed by atoms with Crippen molar-refractivity contribution >= 4 is 11.6 Å². The maximum Gasteiger partial charge on any atom is 0.253 e. The van der Waals surface area contributed by atoms with Gasteiger partial charge < -0.3 is 26.0 Å². The molecule has 0 unspecified atom stereocenters. The highest BCUT2D eigenvalue weighted by Gasteiger charge is 2.69. The number of nitrogens with one attached hydrogen (secondary N) is 1. The minimum Gasteiger partial charge on any atom is -0.504 e. The largest absolute Gasteiger partial charge is 0.504 e. The molecule has 2 aliphatic carbocycles. The van der Waals surface area contributed by atoms with Crippen LogP contribution in [-0.2, 0) is 16.6 Å². The lowest BCUT2D eigenvalue weighted by molar-refractivity contribution is -0.149. The van der Waals surface area contributed by atoms with Crippen molar-refractivity contribution in [3.8, 4) is 11.5 Å². The molecule has 2 aromatic carbocycles. The Morgan fingerprint density at radius 3 is 2.69 bits per heavy atom. The number of carbonyl (C=O) groups is 1. The number of hydrogen-bond donors (Lipinski definition) is 4. The number of likely N-dealkylation sites (tertiary alicyclic amines) is 1. The predicted octanol–water partition coefficient (Wildman–Crippen LogP) is 3.05. The molecule has 0 radical (unpaired) electrons. The zero-order valence-corrected chi connectivity index (χ0v) is 20.3. The van der Waals surface area contributed by atoms with Crippen LogP contribution in [-0.4, -0.2) is 51.9 Å². The molecule has 35 heavy (non-hydrogen) atoms. The molecule has 2 aromatic rings. The van der Waals surface area contributed by atoms with Gasteiger partial charge >= 0.3 is 0 Å². The first-order valence-corrected chi connectivity index (χ1v) is 12.5. The first kappa shape index (κ1) is 22.4. The summed E-state index contributed by atoms with van der Waals surface area (Å²) in [5, 5.41) is 25.9. The predicted molar refractivity (Wildman–Crippen MR) is 133 cm³/mol. The van der Waals surface area contributed by atoms with E-state index in [-0.39, 0.29) is 23.4 Å². The van der Waals surface area contributed by atoms with Crippen LogP contribution < -0.4 is 15.8 Å². The molecule has 7 nitrogen and oxygen atoms in total. The van der Waals surface area contributed by atoms with Crippen molar-refractivity contribution < 1.29 is 19.7 Å². The molecule has 1 saturated carbocycles. The van der Waals surface area contributed by atoms with Crippen molar-refractivity contribution in [1.29, 1.82) is 0 Å². The number of ether oxygens (including phenoxy) is 1. The molecule has 1 spiro atoms. The van der Waals surface area contributed by atoms with Crippen LogP contribution in [0.15, 0.2) is 53.7 Å². The second-order valence-electron chi connectivity index (χ2n) is 10.9. The first-order valence-electron chi connectivity index (χ1n) is 12.5. The molecular weight excluding hydrogens is 442 g/mol. The number of aliphatic hydroxyl groups is 1. The van der Waals surface area contributed by atoms with Gasteiger partial charge in [-0.3, -0.25) is 9.69 Å². The topological polar surface area (TPSA) is 108 Å². The van der Waals surface area contributed by atoms with Crippen LogP contribution >= 0.6 is 0 Å². The summed E-state index contributed by atoms with van der Waals surface area (Å²) in [5.41, 5.74) is 7.96. The smallest absolute Gasteiger partial charge is 0.253 e. The van der Waals surface area contributed by atoms with Gasteiger partial charge in [0.05, 0.1) is 16.7 Å². The van der Waals surface area contributed by atoms with Crippen LogP contribution in [0.1, 0.15) is 44.2 Å². The Hall–Kier alpha value is -3.03. The van der Waals surface area contributed by atoms with E-state index < -0.39 is 17.1 Å². The molecule has 2 bridgehead atoms.